The minimum Gasteiger partial charge on any atom is -0.388 e. The van der Waals surface area contributed by atoms with Gasteiger partial charge in [0.25, 0.3) is 0 Å². The van der Waals surface area contributed by atoms with Crippen LogP contribution in [0.25, 0.3) is 10.4 Å². The molecule has 0 spiro atoms. The average Bonchev–Trinajstić information content (AvgIpc) is 2.27. The molecule has 1 saturated heterocycles. The van der Waals surface area contributed by atoms with Crippen LogP contribution < -0.4 is 0 Å². The van der Waals surface area contributed by atoms with Crippen molar-refractivity contribution < 1.29 is 38.9 Å². The van der Waals surface area contributed by atoms with Crippen LogP contribution in [-0.2, 0) is 13.8 Å². The first-order valence-electron chi connectivity index (χ1n) is 4.70. The number of hydrogen-bond acceptors (Lipinski definition) is 7. The SMILES string of the molecule is [N-]=[N+]=NC[C@H]1O[C@H](OP(=O)(O)O)[C@H](O)[C@@H](O)[C@@H]1O. The minimum atomic E-state index is -4.95. The molecule has 0 aromatic rings. The highest BCUT2D eigenvalue weighted by atomic mass is 31.2. The van der Waals surface area contributed by atoms with Gasteiger partial charge in [0.05, 0.1) is 12.6 Å². The second-order valence-electron chi connectivity index (χ2n) is 3.52. The summed E-state index contributed by atoms with van der Waals surface area (Å²) in [5, 5.41) is 31.4. The molecule has 12 heteroatoms. The van der Waals surface area contributed by atoms with E-state index in [-0.39, 0.29) is 0 Å². The van der Waals surface area contributed by atoms with Gasteiger partial charge in [-0.05, 0) is 5.53 Å². The van der Waals surface area contributed by atoms with Crippen molar-refractivity contribution in [2.45, 2.75) is 30.7 Å². The molecular weight excluding hydrogens is 273 g/mol. The standard InChI is InChI=1S/C6H12N3O8P/c7-9-8-1-2-3(10)4(11)5(12)6(16-2)17-18(13,14)15/h2-6,10-12H,1H2,(H2,13,14,15)/t2-,3-,4+,5-,6-/m1/s1. The Morgan fingerprint density at radius 2 is 1.89 bits per heavy atom. The zero-order chi connectivity index (χ0) is 13.9. The van der Waals surface area contributed by atoms with Gasteiger partial charge in [0.15, 0.2) is 6.29 Å². The Morgan fingerprint density at radius 1 is 1.28 bits per heavy atom. The fourth-order valence-electron chi connectivity index (χ4n) is 1.41. The number of azide groups is 1. The van der Waals surface area contributed by atoms with Gasteiger partial charge < -0.3 is 29.8 Å². The molecule has 0 aliphatic carbocycles. The largest absolute Gasteiger partial charge is 0.472 e. The molecule has 1 aliphatic heterocycles. The van der Waals surface area contributed by atoms with Gasteiger partial charge in [-0.15, -0.1) is 0 Å². The Hall–Kier alpha value is -0.740. The molecule has 0 aromatic carbocycles. The van der Waals surface area contributed by atoms with Gasteiger partial charge in [-0.2, -0.15) is 0 Å². The predicted molar refractivity (Wildman–Crippen MR) is 53.8 cm³/mol. The highest BCUT2D eigenvalue weighted by molar-refractivity contribution is 7.46. The predicted octanol–water partition coefficient (Wildman–Crippen LogP) is -1.79. The topological polar surface area (TPSA) is 185 Å². The Bertz CT molecular complexity index is 381. The fraction of sp³-hybridized carbons (Fsp3) is 1.00. The van der Waals surface area contributed by atoms with Crippen LogP contribution in [0.2, 0.25) is 0 Å². The maximum Gasteiger partial charge on any atom is 0.472 e. The summed E-state index contributed by atoms with van der Waals surface area (Å²) in [6.07, 6.45) is -8.29. The Morgan fingerprint density at radius 3 is 2.39 bits per heavy atom. The Labute approximate surface area is 100 Å². The summed E-state index contributed by atoms with van der Waals surface area (Å²) < 4.78 is 19.5. The lowest BCUT2D eigenvalue weighted by Crippen LogP contribution is -2.58. The van der Waals surface area contributed by atoms with Crippen molar-refractivity contribution in [3.8, 4) is 0 Å². The van der Waals surface area contributed by atoms with Crippen LogP contribution in [0.5, 0.6) is 0 Å². The molecule has 0 amide bonds. The first-order chi connectivity index (χ1) is 8.26. The van der Waals surface area contributed by atoms with Crippen molar-refractivity contribution >= 4 is 7.82 Å². The molecule has 11 nitrogen and oxygen atoms in total. The van der Waals surface area contributed by atoms with E-state index in [0.29, 0.717) is 0 Å². The van der Waals surface area contributed by atoms with E-state index in [2.05, 4.69) is 14.5 Å². The third-order valence-electron chi connectivity index (χ3n) is 2.23. The fourth-order valence-corrected chi connectivity index (χ4v) is 1.85. The number of aliphatic hydroxyl groups excluding tert-OH is 3. The third-order valence-corrected chi connectivity index (χ3v) is 2.72. The van der Waals surface area contributed by atoms with Crippen molar-refractivity contribution in [3.63, 3.8) is 0 Å². The summed E-state index contributed by atoms with van der Waals surface area (Å²) in [6, 6.07) is 0. The van der Waals surface area contributed by atoms with E-state index in [4.69, 9.17) is 20.1 Å². The molecule has 1 aliphatic rings. The van der Waals surface area contributed by atoms with Gasteiger partial charge in [-0.25, -0.2) is 4.57 Å². The van der Waals surface area contributed by atoms with Gasteiger partial charge in [-0.1, -0.05) is 5.11 Å². The molecular formula is C6H12N3O8P. The quantitative estimate of drug-likeness (QED) is 0.173. The molecule has 0 bridgehead atoms. The molecule has 0 aromatic heterocycles. The lowest BCUT2D eigenvalue weighted by molar-refractivity contribution is -0.273. The third kappa shape index (κ3) is 3.89. The summed E-state index contributed by atoms with van der Waals surface area (Å²) in [4.78, 5) is 19.6. The van der Waals surface area contributed by atoms with Crippen LogP contribution in [0.4, 0.5) is 0 Å². The van der Waals surface area contributed by atoms with E-state index in [0.717, 1.165) is 0 Å². The lowest BCUT2D eigenvalue weighted by atomic mass is 9.99. The van der Waals surface area contributed by atoms with Crippen LogP contribution in [-0.4, -0.2) is 62.4 Å². The number of rotatable bonds is 4. The van der Waals surface area contributed by atoms with E-state index in [1.54, 1.807) is 0 Å². The maximum atomic E-state index is 10.6. The highest BCUT2D eigenvalue weighted by Gasteiger charge is 2.46. The summed E-state index contributed by atoms with van der Waals surface area (Å²) in [7, 11) is -4.95. The zero-order valence-electron chi connectivity index (χ0n) is 8.84. The van der Waals surface area contributed by atoms with Crippen molar-refractivity contribution in [2.75, 3.05) is 6.54 Å². The minimum absolute atomic E-state index is 0.400. The van der Waals surface area contributed by atoms with Gasteiger partial charge in [-0.3, -0.25) is 4.52 Å². The first-order valence-corrected chi connectivity index (χ1v) is 6.23. The van der Waals surface area contributed by atoms with Gasteiger partial charge in [0.1, 0.15) is 18.3 Å². The first kappa shape index (κ1) is 15.3. The summed E-state index contributed by atoms with van der Waals surface area (Å²) in [6.45, 7) is -0.400. The lowest BCUT2D eigenvalue weighted by Gasteiger charge is -2.39. The maximum absolute atomic E-state index is 10.6. The Kier molecular flexibility index (Phi) is 5.05. The number of nitrogens with zero attached hydrogens (tertiary/aromatic N) is 3. The van der Waals surface area contributed by atoms with Crippen molar-refractivity contribution in [3.05, 3.63) is 10.4 Å². The molecule has 0 saturated carbocycles. The normalized spacial score (nSPS) is 37.1. The zero-order valence-corrected chi connectivity index (χ0v) is 9.74. The van der Waals surface area contributed by atoms with E-state index in [1.165, 1.54) is 0 Å². The second-order valence-corrected chi connectivity index (χ2v) is 4.72. The van der Waals surface area contributed by atoms with Crippen LogP contribution in [0.3, 0.4) is 0 Å². The number of hydrogen-bond donors (Lipinski definition) is 5. The van der Waals surface area contributed by atoms with Crippen molar-refractivity contribution in [2.24, 2.45) is 5.11 Å². The number of phosphoric ester groups is 1. The number of aliphatic hydroxyl groups is 3. The molecule has 1 rings (SSSR count). The van der Waals surface area contributed by atoms with Gasteiger partial charge in [0.2, 0.25) is 0 Å². The molecule has 5 N–H and O–H groups in total. The van der Waals surface area contributed by atoms with Gasteiger partial charge >= 0.3 is 7.82 Å². The van der Waals surface area contributed by atoms with Gasteiger partial charge in [0, 0.05) is 4.91 Å². The molecule has 0 unspecified atom stereocenters. The number of ether oxygens (including phenoxy) is 1. The van der Waals surface area contributed by atoms with E-state index in [1.807, 2.05) is 0 Å². The average molecular weight is 285 g/mol. The van der Waals surface area contributed by atoms with E-state index in [9.17, 15) is 19.9 Å². The van der Waals surface area contributed by atoms with Crippen LogP contribution in [0.15, 0.2) is 5.11 Å². The molecule has 18 heavy (non-hydrogen) atoms. The van der Waals surface area contributed by atoms with Crippen molar-refractivity contribution in [1.82, 2.24) is 0 Å². The molecule has 1 heterocycles. The smallest absolute Gasteiger partial charge is 0.388 e. The van der Waals surface area contributed by atoms with E-state index < -0.39 is 45.1 Å². The second kappa shape index (κ2) is 5.93. The summed E-state index contributed by atoms with van der Waals surface area (Å²) in [5.74, 6) is 0. The van der Waals surface area contributed by atoms with Crippen molar-refractivity contribution in [1.29, 1.82) is 0 Å². The molecule has 5 atom stereocenters. The van der Waals surface area contributed by atoms with Crippen LogP contribution in [0.1, 0.15) is 0 Å². The molecule has 0 radical (unpaired) electrons. The van der Waals surface area contributed by atoms with Crippen LogP contribution >= 0.6 is 7.82 Å². The van der Waals surface area contributed by atoms with E-state index >= 15 is 0 Å². The molecule has 104 valence electrons. The monoisotopic (exact) mass is 285 g/mol. The summed E-state index contributed by atoms with van der Waals surface area (Å²) >= 11 is 0. The number of phosphoric acid groups is 1. The van der Waals surface area contributed by atoms with Crippen LogP contribution in [0, 0.1) is 0 Å². The summed E-state index contributed by atoms with van der Waals surface area (Å²) in [5.41, 5.74) is 8.11. The highest BCUT2D eigenvalue weighted by Crippen LogP contribution is 2.40. The Balaban J connectivity index is 2.80. The molecule has 1 fully saturated rings.